The second-order valence-corrected chi connectivity index (χ2v) is 6.99. The topological polar surface area (TPSA) is 51.4 Å². The number of thiazole rings is 1. The van der Waals surface area contributed by atoms with E-state index in [1.54, 1.807) is 4.40 Å². The number of aromatic nitrogens is 2. The molecule has 0 radical (unpaired) electrons. The minimum absolute atomic E-state index is 0.000676. The van der Waals surface area contributed by atoms with Gasteiger partial charge in [0, 0.05) is 16.1 Å². The van der Waals surface area contributed by atoms with Gasteiger partial charge in [-0.1, -0.05) is 30.3 Å². The van der Waals surface area contributed by atoms with Crippen LogP contribution in [0.2, 0.25) is 0 Å². The van der Waals surface area contributed by atoms with Crippen molar-refractivity contribution in [1.82, 2.24) is 9.38 Å². The van der Waals surface area contributed by atoms with Gasteiger partial charge < -0.3 is 0 Å². The van der Waals surface area contributed by atoms with E-state index in [1.807, 2.05) is 35.7 Å². The van der Waals surface area contributed by atoms with Crippen LogP contribution in [0.1, 0.15) is 0 Å². The van der Waals surface area contributed by atoms with Crippen molar-refractivity contribution in [2.45, 2.75) is 5.03 Å². The summed E-state index contributed by atoms with van der Waals surface area (Å²) < 4.78 is 24.6. The van der Waals surface area contributed by atoms with Crippen molar-refractivity contribution < 1.29 is 8.42 Å². The second-order valence-electron chi connectivity index (χ2n) is 3.64. The van der Waals surface area contributed by atoms with Crippen LogP contribution in [-0.2, 0) is 9.05 Å². The van der Waals surface area contributed by atoms with Crippen LogP contribution in [-0.4, -0.2) is 17.8 Å². The molecule has 3 aromatic rings. The average Bonchev–Trinajstić information content (AvgIpc) is 2.88. The third-order valence-corrected chi connectivity index (χ3v) is 4.64. The zero-order valence-electron chi connectivity index (χ0n) is 8.95. The molecule has 0 bridgehead atoms. The molecule has 0 saturated heterocycles. The van der Waals surface area contributed by atoms with E-state index in [0.717, 1.165) is 11.3 Å². The number of fused-ring (bicyclic) bond motifs is 1. The Kier molecular flexibility index (Phi) is 2.65. The molecule has 7 heteroatoms. The van der Waals surface area contributed by atoms with Crippen LogP contribution in [0.4, 0.5) is 0 Å². The summed E-state index contributed by atoms with van der Waals surface area (Å²) in [6, 6.07) is 9.51. The van der Waals surface area contributed by atoms with Gasteiger partial charge in [-0.15, -0.1) is 11.3 Å². The monoisotopic (exact) mass is 298 g/mol. The number of imidazole rings is 1. The van der Waals surface area contributed by atoms with Crippen LogP contribution in [0.25, 0.3) is 16.2 Å². The Balaban J connectivity index is 2.35. The predicted octanol–water partition coefficient (Wildman–Crippen LogP) is 2.99. The Hall–Kier alpha value is -1.37. The highest BCUT2D eigenvalue weighted by Crippen LogP contribution is 2.29. The molecule has 18 heavy (non-hydrogen) atoms. The standard InChI is InChI=1S/C11H7ClN2O2S2/c12-18(15,16)10-6-13-11-14(10)9(7-17-11)8-4-2-1-3-5-8/h1-7H. The molecule has 2 aromatic heterocycles. The third kappa shape index (κ3) is 1.82. The minimum Gasteiger partial charge on any atom is -0.272 e. The van der Waals surface area contributed by atoms with Crippen molar-refractivity contribution in [3.8, 4) is 11.3 Å². The lowest BCUT2D eigenvalue weighted by molar-refractivity contribution is 0.605. The molecule has 4 nitrogen and oxygen atoms in total. The van der Waals surface area contributed by atoms with E-state index in [0.29, 0.717) is 4.96 Å². The number of hydrogen-bond acceptors (Lipinski definition) is 4. The molecule has 0 saturated carbocycles. The lowest BCUT2D eigenvalue weighted by Gasteiger charge is -2.01. The Bertz CT molecular complexity index is 806. The van der Waals surface area contributed by atoms with Crippen LogP contribution >= 0.6 is 22.0 Å². The van der Waals surface area contributed by atoms with Gasteiger partial charge in [0.2, 0.25) is 0 Å². The van der Waals surface area contributed by atoms with Crippen LogP contribution in [0.3, 0.4) is 0 Å². The van der Waals surface area contributed by atoms with Crippen molar-refractivity contribution in [3.63, 3.8) is 0 Å². The molecule has 0 atom stereocenters. The molecule has 0 aliphatic heterocycles. The number of nitrogens with zero attached hydrogens (tertiary/aromatic N) is 2. The van der Waals surface area contributed by atoms with Gasteiger partial charge in [-0.3, -0.25) is 4.40 Å². The zero-order valence-corrected chi connectivity index (χ0v) is 11.3. The fourth-order valence-corrected chi connectivity index (χ4v) is 3.60. The molecule has 0 aliphatic carbocycles. The van der Waals surface area contributed by atoms with Crippen LogP contribution in [0.15, 0.2) is 46.9 Å². The van der Waals surface area contributed by atoms with E-state index in [1.165, 1.54) is 17.5 Å². The molecule has 0 amide bonds. The molecule has 0 N–H and O–H groups in total. The molecule has 0 unspecified atom stereocenters. The zero-order chi connectivity index (χ0) is 12.8. The van der Waals surface area contributed by atoms with Crippen molar-refractivity contribution in [2.24, 2.45) is 0 Å². The number of hydrogen-bond donors (Lipinski definition) is 0. The Morgan fingerprint density at radius 3 is 2.61 bits per heavy atom. The maximum atomic E-state index is 11.5. The number of halogens is 1. The fraction of sp³-hybridized carbons (Fsp3) is 0. The van der Waals surface area contributed by atoms with Gasteiger partial charge >= 0.3 is 0 Å². The molecular formula is C11H7ClN2O2S2. The largest absolute Gasteiger partial charge is 0.278 e. The highest BCUT2D eigenvalue weighted by atomic mass is 35.7. The van der Waals surface area contributed by atoms with Gasteiger partial charge in [0.25, 0.3) is 9.05 Å². The Morgan fingerprint density at radius 1 is 1.22 bits per heavy atom. The van der Waals surface area contributed by atoms with Crippen LogP contribution < -0.4 is 0 Å². The summed E-state index contributed by atoms with van der Waals surface area (Å²) in [5.74, 6) is 0. The lowest BCUT2D eigenvalue weighted by atomic mass is 10.2. The van der Waals surface area contributed by atoms with E-state index in [2.05, 4.69) is 4.98 Å². The Morgan fingerprint density at radius 2 is 1.94 bits per heavy atom. The molecule has 0 spiro atoms. The maximum absolute atomic E-state index is 11.5. The van der Waals surface area contributed by atoms with Gasteiger partial charge in [0.1, 0.15) is 0 Å². The minimum atomic E-state index is -3.81. The van der Waals surface area contributed by atoms with Gasteiger partial charge in [-0.25, -0.2) is 13.4 Å². The first-order valence-corrected chi connectivity index (χ1v) is 8.21. The van der Waals surface area contributed by atoms with E-state index >= 15 is 0 Å². The van der Waals surface area contributed by atoms with Crippen molar-refractivity contribution in [2.75, 3.05) is 0 Å². The quantitative estimate of drug-likeness (QED) is 0.683. The van der Waals surface area contributed by atoms with Gasteiger partial charge in [-0.2, -0.15) is 0 Å². The molecule has 0 aliphatic rings. The maximum Gasteiger partial charge on any atom is 0.278 e. The molecular weight excluding hydrogens is 292 g/mol. The number of benzene rings is 1. The van der Waals surface area contributed by atoms with Gasteiger partial charge in [0.05, 0.1) is 11.9 Å². The molecule has 2 heterocycles. The third-order valence-electron chi connectivity index (χ3n) is 2.53. The number of rotatable bonds is 2. The normalized spacial score (nSPS) is 12.1. The fourth-order valence-electron chi connectivity index (χ4n) is 1.76. The summed E-state index contributed by atoms with van der Waals surface area (Å²) in [5, 5.41) is 1.86. The Labute approximate surface area is 112 Å². The first kappa shape index (κ1) is 11.7. The highest BCUT2D eigenvalue weighted by molar-refractivity contribution is 8.13. The predicted molar refractivity (Wildman–Crippen MR) is 71.5 cm³/mol. The summed E-state index contributed by atoms with van der Waals surface area (Å²) >= 11 is 1.37. The first-order valence-electron chi connectivity index (χ1n) is 5.02. The van der Waals surface area contributed by atoms with E-state index in [-0.39, 0.29) is 5.03 Å². The van der Waals surface area contributed by atoms with Crippen molar-refractivity contribution >= 4 is 36.0 Å². The van der Waals surface area contributed by atoms with Gasteiger partial charge in [0.15, 0.2) is 9.99 Å². The van der Waals surface area contributed by atoms with Crippen molar-refractivity contribution in [1.29, 1.82) is 0 Å². The summed E-state index contributed by atoms with van der Waals surface area (Å²) in [7, 11) is 1.60. The summed E-state index contributed by atoms with van der Waals surface area (Å²) in [6.07, 6.45) is 1.28. The molecule has 3 rings (SSSR count). The molecule has 0 fully saturated rings. The SMILES string of the molecule is O=S(=O)(Cl)c1cnc2scc(-c3ccccc3)n12. The summed E-state index contributed by atoms with van der Waals surface area (Å²) in [4.78, 5) is 4.65. The molecule has 1 aromatic carbocycles. The summed E-state index contributed by atoms with van der Waals surface area (Å²) in [6.45, 7) is 0. The van der Waals surface area contributed by atoms with E-state index in [4.69, 9.17) is 10.7 Å². The van der Waals surface area contributed by atoms with Crippen LogP contribution in [0.5, 0.6) is 0 Å². The van der Waals surface area contributed by atoms with Crippen molar-refractivity contribution in [3.05, 3.63) is 41.9 Å². The average molecular weight is 299 g/mol. The smallest absolute Gasteiger partial charge is 0.272 e. The van der Waals surface area contributed by atoms with Crippen LogP contribution in [0, 0.1) is 0 Å². The first-order chi connectivity index (χ1) is 8.57. The molecule has 92 valence electrons. The van der Waals surface area contributed by atoms with Gasteiger partial charge in [-0.05, 0) is 5.56 Å². The van der Waals surface area contributed by atoms with E-state index in [9.17, 15) is 8.42 Å². The summed E-state index contributed by atoms with van der Waals surface area (Å²) in [5.41, 5.74) is 1.69. The van der Waals surface area contributed by atoms with E-state index < -0.39 is 9.05 Å². The lowest BCUT2D eigenvalue weighted by Crippen LogP contribution is -1.97. The highest BCUT2D eigenvalue weighted by Gasteiger charge is 2.20. The second kappa shape index (κ2) is 4.08.